The largest absolute Gasteiger partial charge is 0.460 e. The SMILES string of the molecule is CC(C)C1NC(=O)C(C)C(C)OC(=O)C(C(C)C)N(C)C(=O)CN(C)C(=O)C2CCCN2C1=O.Cc1c2oc3c(C)ccc(C(=O)NC4C(=O)NC(C(C)C)C(=O)N5CCCC5C(=O)N(C)CC(=O)N(C)C(C(C)C)C(=O)OC4C)c3nc-2c(C(N)=O)c(N)c1=O. The molecule has 0 bridgehead atoms. The van der Waals surface area contributed by atoms with Gasteiger partial charge in [-0.15, -0.1) is 0 Å². The number of fused-ring (bicyclic) bond motifs is 4. The second-order valence-electron chi connectivity index (χ2n) is 25.7. The van der Waals surface area contributed by atoms with E-state index in [9.17, 15) is 62.3 Å². The quantitative estimate of drug-likeness (QED) is 0.127. The van der Waals surface area contributed by atoms with Gasteiger partial charge in [-0.25, -0.2) is 14.6 Å². The van der Waals surface area contributed by atoms with Gasteiger partial charge in [0, 0.05) is 46.8 Å². The molecule has 1 aromatic carbocycles. The van der Waals surface area contributed by atoms with E-state index in [0.29, 0.717) is 37.8 Å². The van der Waals surface area contributed by atoms with E-state index in [0.717, 1.165) is 0 Å². The Hall–Kier alpha value is -8.72. The van der Waals surface area contributed by atoms with Gasteiger partial charge >= 0.3 is 11.9 Å². The fourth-order valence-corrected chi connectivity index (χ4v) is 12.0. The predicted molar refractivity (Wildman–Crippen MR) is 332 cm³/mol. The van der Waals surface area contributed by atoms with Crippen LogP contribution >= 0.6 is 0 Å². The van der Waals surface area contributed by atoms with Gasteiger partial charge in [-0.05, 0) is 88.7 Å². The Morgan fingerprint density at radius 3 is 1.53 bits per heavy atom. The van der Waals surface area contributed by atoms with Crippen LogP contribution in [0.1, 0.15) is 134 Å². The highest BCUT2D eigenvalue weighted by atomic mass is 16.6. The average molecular weight is 1270 g/mol. The number of aromatic nitrogens is 1. The smallest absolute Gasteiger partial charge is 0.329 e. The number of primary amides is 1. The molecular weight excluding hydrogens is 1180 g/mol. The van der Waals surface area contributed by atoms with Crippen molar-refractivity contribution in [1.29, 1.82) is 0 Å². The van der Waals surface area contributed by atoms with Gasteiger partial charge in [0.15, 0.2) is 11.3 Å². The van der Waals surface area contributed by atoms with Crippen molar-refractivity contribution < 1.29 is 71.4 Å². The van der Waals surface area contributed by atoms with Gasteiger partial charge in [0.1, 0.15) is 65.7 Å². The first kappa shape index (κ1) is 71.4. The maximum absolute atomic E-state index is 14.4. The van der Waals surface area contributed by atoms with E-state index in [2.05, 4.69) is 20.9 Å². The number of aryl methyl sites for hydroxylation is 1. The molecule has 498 valence electrons. The normalized spacial score (nSPS) is 25.9. The van der Waals surface area contributed by atoms with E-state index in [1.165, 1.54) is 77.5 Å². The zero-order valence-electron chi connectivity index (χ0n) is 55.2. The van der Waals surface area contributed by atoms with E-state index in [1.54, 1.807) is 68.4 Å². The highest BCUT2D eigenvalue weighted by Crippen LogP contribution is 2.35. The molecule has 0 spiro atoms. The summed E-state index contributed by atoms with van der Waals surface area (Å²) in [5.74, 6) is -9.54. The van der Waals surface area contributed by atoms with Gasteiger partial charge in [-0.1, -0.05) is 68.4 Å². The monoisotopic (exact) mass is 1270 g/mol. The molecule has 7 N–H and O–H groups in total. The summed E-state index contributed by atoms with van der Waals surface area (Å²) in [7, 11) is 5.89. The number of hydrogen-bond donors (Lipinski definition) is 5. The maximum atomic E-state index is 14.4. The van der Waals surface area contributed by atoms with Gasteiger partial charge < -0.3 is 70.7 Å². The van der Waals surface area contributed by atoms with Gasteiger partial charge in [0.2, 0.25) is 52.7 Å². The Kier molecular flexibility index (Phi) is 22.8. The Balaban J connectivity index is 0.000000330. The zero-order chi connectivity index (χ0) is 68.3. The standard InChI is InChI=1S/C39H50N8O10.C24H40N4O6/c1-16(2)26-38(54)47-14-10-11-22(47)37(53)45(8)15-23(48)46(9)30(17(3)4)39(55)56-20(7)27(36(52)43-26)44-35(51)21-13-12-18(5)32-28(21)42-29-24(34(41)50)25(40)31(49)19(6)33(29)57-32;1-13(2)19-23(32)28-11-9-10-17(28)22(31)26(7)12-18(29)27(8)20(14(3)4)24(33)34-16(6)15(5)21(30)25-19/h12-13,16-17,20,22,26-27,30H,10-11,14-15,40H2,1-9H3,(H2,41,50)(H,43,52)(H,44,51);13-17,19-20H,9-12H2,1-8H3,(H,25,30). The minimum absolute atomic E-state index is 0.0604. The van der Waals surface area contributed by atoms with E-state index in [1.807, 2.05) is 13.8 Å². The van der Waals surface area contributed by atoms with Gasteiger partial charge in [0.25, 0.3) is 11.8 Å². The molecule has 10 amide bonds. The highest BCUT2D eigenvalue weighted by molar-refractivity contribution is 6.09. The topological polar surface area (TPSA) is 374 Å². The molecule has 0 radical (unpaired) electrons. The number of carbonyl (C=O) groups is 12. The molecule has 5 heterocycles. The Morgan fingerprint density at radius 2 is 1.09 bits per heavy atom. The number of ether oxygens (including phenoxy) is 2. The van der Waals surface area contributed by atoms with Crippen molar-refractivity contribution in [3.63, 3.8) is 0 Å². The molecule has 4 saturated heterocycles. The van der Waals surface area contributed by atoms with Gasteiger partial charge in [-0.3, -0.25) is 52.7 Å². The summed E-state index contributed by atoms with van der Waals surface area (Å²) >= 11 is 0. The second kappa shape index (κ2) is 29.1. The maximum Gasteiger partial charge on any atom is 0.329 e. The molecule has 6 aliphatic rings. The van der Waals surface area contributed by atoms with Crippen LogP contribution in [0.5, 0.6) is 0 Å². The minimum atomic E-state index is -1.63. The number of esters is 2. The number of nitrogens with one attached hydrogen (secondary N) is 3. The molecule has 1 aliphatic carbocycles. The molecule has 91 heavy (non-hydrogen) atoms. The second-order valence-corrected chi connectivity index (χ2v) is 25.7. The summed E-state index contributed by atoms with van der Waals surface area (Å²) < 4.78 is 17.5. The molecule has 10 atom stereocenters. The molecule has 7 rings (SSSR count). The number of likely N-dealkylation sites (N-methyl/N-ethyl adjacent to an activating group) is 4. The fraction of sp³-hybridized carbons (Fsp3) is 0.619. The summed E-state index contributed by atoms with van der Waals surface area (Å²) in [6, 6.07) is -4.24. The van der Waals surface area contributed by atoms with E-state index < -0.39 is 148 Å². The molecule has 28 heteroatoms. The third-order valence-electron chi connectivity index (χ3n) is 17.6. The van der Waals surface area contributed by atoms with Crippen LogP contribution in [0, 0.1) is 43.4 Å². The molecule has 1 aromatic rings. The molecule has 0 saturated carbocycles. The van der Waals surface area contributed by atoms with Crippen LogP contribution in [0.4, 0.5) is 5.69 Å². The third-order valence-corrected chi connectivity index (χ3v) is 17.6. The Bertz CT molecular complexity index is 3400. The number of amides is 10. The fourth-order valence-electron chi connectivity index (χ4n) is 12.0. The minimum Gasteiger partial charge on any atom is -0.460 e. The van der Waals surface area contributed by atoms with Crippen molar-refractivity contribution in [2.75, 3.05) is 60.1 Å². The van der Waals surface area contributed by atoms with Crippen molar-refractivity contribution >= 4 is 87.8 Å². The molecule has 4 fully saturated rings. The number of benzene rings is 2. The van der Waals surface area contributed by atoms with Crippen LogP contribution in [0.15, 0.2) is 21.3 Å². The van der Waals surface area contributed by atoms with Crippen LogP contribution in [0.25, 0.3) is 22.6 Å². The van der Waals surface area contributed by atoms with Gasteiger partial charge in [-0.2, -0.15) is 0 Å². The van der Waals surface area contributed by atoms with Gasteiger partial charge in [0.05, 0.1) is 35.8 Å². The average Bonchev–Trinajstić information content (AvgIpc) is 1.43. The lowest BCUT2D eigenvalue weighted by Crippen LogP contribution is -2.61. The van der Waals surface area contributed by atoms with Crippen molar-refractivity contribution in [2.24, 2.45) is 35.3 Å². The van der Waals surface area contributed by atoms with E-state index in [4.69, 9.17) is 25.4 Å². The van der Waals surface area contributed by atoms with Crippen LogP contribution in [0.3, 0.4) is 0 Å². The summed E-state index contributed by atoms with van der Waals surface area (Å²) in [5.41, 5.74) is 10.4. The van der Waals surface area contributed by atoms with Crippen molar-refractivity contribution in [3.8, 4) is 11.5 Å². The first-order chi connectivity index (χ1) is 42.4. The summed E-state index contributed by atoms with van der Waals surface area (Å²) in [6.07, 6.45) is -0.127. The Morgan fingerprint density at radius 1 is 0.637 bits per heavy atom. The first-order valence-electron chi connectivity index (χ1n) is 30.9. The third kappa shape index (κ3) is 15.0. The first-order valence-corrected chi connectivity index (χ1v) is 30.9. The van der Waals surface area contributed by atoms with E-state index >= 15 is 0 Å². The number of hydrogen-bond acceptors (Lipinski definition) is 18. The molecule has 10 unspecified atom stereocenters. The number of cyclic esters (lactones) is 2. The van der Waals surface area contributed by atoms with Crippen LogP contribution < -0.4 is 32.8 Å². The highest BCUT2D eigenvalue weighted by Gasteiger charge is 2.46. The lowest BCUT2D eigenvalue weighted by atomic mass is 9.98. The number of nitrogens with two attached hydrogens (primary N) is 2. The van der Waals surface area contributed by atoms with Crippen molar-refractivity contribution in [1.82, 2.24) is 50.3 Å². The number of nitrogens with zero attached hydrogens (tertiary/aromatic N) is 7. The lowest BCUT2D eigenvalue weighted by molar-refractivity contribution is -0.164. The van der Waals surface area contributed by atoms with Crippen molar-refractivity contribution in [3.05, 3.63) is 44.6 Å². The number of anilines is 1. The predicted octanol–water partition coefficient (Wildman–Crippen LogP) is 1.35. The number of rotatable bonds is 7. The molecule has 5 aliphatic heterocycles. The Labute approximate surface area is 529 Å². The summed E-state index contributed by atoms with van der Waals surface area (Å²) in [6.45, 7) is 21.9. The number of carbonyl (C=O) groups excluding carboxylic acids is 12. The van der Waals surface area contributed by atoms with E-state index in [-0.39, 0.29) is 77.0 Å². The molecular formula is C63H90N12O16. The zero-order valence-corrected chi connectivity index (χ0v) is 55.2. The van der Waals surface area contributed by atoms with Crippen LogP contribution in [0.2, 0.25) is 0 Å². The molecule has 28 nitrogen and oxygen atoms in total. The summed E-state index contributed by atoms with van der Waals surface area (Å²) in [5, 5.41) is 8.20. The van der Waals surface area contributed by atoms with Crippen molar-refractivity contribution in [2.45, 2.75) is 170 Å². The lowest BCUT2D eigenvalue weighted by Gasteiger charge is -2.36. The number of nitrogen functional groups attached to an aromatic ring is 1. The van der Waals surface area contributed by atoms with Crippen LogP contribution in [-0.2, 0) is 57.4 Å². The molecule has 0 aromatic heterocycles. The van der Waals surface area contributed by atoms with Crippen LogP contribution in [-0.4, -0.2) is 214 Å². The summed E-state index contributed by atoms with van der Waals surface area (Å²) in [4.78, 5) is 187.